The Balaban J connectivity index is 2.42. The predicted octanol–water partition coefficient (Wildman–Crippen LogP) is 4.31. The van der Waals surface area contributed by atoms with Gasteiger partial charge < -0.3 is 4.98 Å². The molecule has 0 spiro atoms. The molecule has 0 atom stereocenters. The van der Waals surface area contributed by atoms with Gasteiger partial charge in [0.2, 0.25) is 0 Å². The number of H-pyrrole nitrogens is 1. The lowest BCUT2D eigenvalue weighted by Crippen LogP contribution is -1.66. The van der Waals surface area contributed by atoms with Crippen LogP contribution in [0.3, 0.4) is 0 Å². The first-order chi connectivity index (χ1) is 6.78. The second kappa shape index (κ2) is 2.84. The highest BCUT2D eigenvalue weighted by Crippen LogP contribution is 2.37. The van der Waals surface area contributed by atoms with Gasteiger partial charge in [-0.1, -0.05) is 6.92 Å². The maximum absolute atomic E-state index is 3.47. The predicted molar refractivity (Wildman–Crippen MR) is 65.7 cm³/mol. The molecule has 3 heterocycles. The van der Waals surface area contributed by atoms with Gasteiger partial charge in [0.15, 0.2) is 0 Å². The van der Waals surface area contributed by atoms with Crippen LogP contribution in [-0.4, -0.2) is 4.98 Å². The lowest BCUT2D eigenvalue weighted by molar-refractivity contribution is 1.19. The van der Waals surface area contributed by atoms with Gasteiger partial charge in [-0.3, -0.25) is 0 Å². The first kappa shape index (κ1) is 8.50. The molecule has 0 bridgehead atoms. The van der Waals surface area contributed by atoms with Crippen molar-refractivity contribution in [3.63, 3.8) is 0 Å². The molecule has 0 aromatic carbocycles. The summed E-state index contributed by atoms with van der Waals surface area (Å²) in [6, 6.07) is 4.51. The van der Waals surface area contributed by atoms with Gasteiger partial charge >= 0.3 is 0 Å². The molecule has 0 aliphatic carbocycles. The third-order valence-electron chi connectivity index (χ3n) is 2.46. The highest BCUT2D eigenvalue weighted by Gasteiger charge is 2.09. The number of aryl methyl sites for hydroxylation is 2. The Morgan fingerprint density at radius 2 is 1.86 bits per heavy atom. The number of hydrogen-bond acceptors (Lipinski definition) is 2. The van der Waals surface area contributed by atoms with Crippen molar-refractivity contribution in [2.24, 2.45) is 0 Å². The standard InChI is InChI=1S/C11H11NS2/c1-3-7-5-9-11(14-7)10-8(12-9)4-6(2)13-10/h4-5,12H,3H2,1-2H3. The molecule has 14 heavy (non-hydrogen) atoms. The van der Waals surface area contributed by atoms with Crippen molar-refractivity contribution in [2.45, 2.75) is 20.3 Å². The average molecular weight is 221 g/mol. The summed E-state index contributed by atoms with van der Waals surface area (Å²) >= 11 is 3.82. The summed E-state index contributed by atoms with van der Waals surface area (Å²) in [6.07, 6.45) is 1.14. The zero-order valence-corrected chi connectivity index (χ0v) is 9.81. The molecule has 0 amide bonds. The van der Waals surface area contributed by atoms with E-state index in [9.17, 15) is 0 Å². The lowest BCUT2D eigenvalue weighted by atomic mass is 10.4. The van der Waals surface area contributed by atoms with Gasteiger partial charge in [-0.2, -0.15) is 0 Å². The fourth-order valence-electron chi connectivity index (χ4n) is 1.80. The fraction of sp³-hybridized carbons (Fsp3) is 0.273. The molecule has 0 aliphatic heterocycles. The van der Waals surface area contributed by atoms with Crippen LogP contribution in [0, 0.1) is 6.92 Å². The van der Waals surface area contributed by atoms with Crippen molar-refractivity contribution in [3.05, 3.63) is 21.9 Å². The third kappa shape index (κ3) is 1.06. The third-order valence-corrected chi connectivity index (χ3v) is 4.96. The minimum absolute atomic E-state index is 1.14. The topological polar surface area (TPSA) is 15.8 Å². The van der Waals surface area contributed by atoms with E-state index in [1.165, 1.54) is 30.2 Å². The first-order valence-electron chi connectivity index (χ1n) is 4.78. The van der Waals surface area contributed by atoms with E-state index in [2.05, 4.69) is 31.0 Å². The second-order valence-corrected chi connectivity index (χ2v) is 5.93. The van der Waals surface area contributed by atoms with Crippen molar-refractivity contribution < 1.29 is 0 Å². The SMILES string of the molecule is CCc1cc2[nH]c3cc(C)sc3c2s1. The van der Waals surface area contributed by atoms with Crippen LogP contribution in [-0.2, 0) is 6.42 Å². The molecule has 0 unspecified atom stereocenters. The second-order valence-electron chi connectivity index (χ2n) is 3.53. The minimum Gasteiger partial charge on any atom is -0.353 e. The van der Waals surface area contributed by atoms with Crippen molar-refractivity contribution in [1.29, 1.82) is 0 Å². The lowest BCUT2D eigenvalue weighted by Gasteiger charge is -1.82. The number of aromatic nitrogens is 1. The molecule has 3 heteroatoms. The number of aromatic amines is 1. The van der Waals surface area contributed by atoms with Crippen molar-refractivity contribution in [2.75, 3.05) is 0 Å². The molecular formula is C11H11NS2. The number of fused-ring (bicyclic) bond motifs is 3. The molecule has 72 valence electrons. The molecule has 0 radical (unpaired) electrons. The Morgan fingerprint density at radius 3 is 2.64 bits per heavy atom. The monoisotopic (exact) mass is 221 g/mol. The molecule has 0 aliphatic rings. The van der Waals surface area contributed by atoms with Crippen molar-refractivity contribution in [3.8, 4) is 0 Å². The summed E-state index contributed by atoms with van der Waals surface area (Å²) in [5.74, 6) is 0. The normalized spacial score (nSPS) is 11.9. The summed E-state index contributed by atoms with van der Waals surface area (Å²) < 4.78 is 2.87. The van der Waals surface area contributed by atoms with Gasteiger partial charge in [-0.05, 0) is 25.5 Å². The highest BCUT2D eigenvalue weighted by atomic mass is 32.1. The van der Waals surface area contributed by atoms with E-state index in [1.54, 1.807) is 0 Å². The largest absolute Gasteiger partial charge is 0.353 e. The van der Waals surface area contributed by atoms with Crippen LogP contribution in [0.15, 0.2) is 12.1 Å². The molecule has 3 rings (SSSR count). The smallest absolute Gasteiger partial charge is 0.0701 e. The average Bonchev–Trinajstić information content (AvgIpc) is 2.74. The Labute approximate surface area is 90.4 Å². The van der Waals surface area contributed by atoms with E-state index in [1.807, 2.05) is 22.7 Å². The number of nitrogens with one attached hydrogen (secondary N) is 1. The number of thiophene rings is 2. The zero-order chi connectivity index (χ0) is 9.71. The molecule has 0 saturated heterocycles. The Morgan fingerprint density at radius 1 is 1.14 bits per heavy atom. The van der Waals surface area contributed by atoms with E-state index in [4.69, 9.17) is 0 Å². The van der Waals surface area contributed by atoms with Gasteiger partial charge in [0, 0.05) is 9.75 Å². The summed E-state index contributed by atoms with van der Waals surface area (Å²) in [5.41, 5.74) is 2.62. The Bertz CT molecular complexity index is 597. The van der Waals surface area contributed by atoms with E-state index in [-0.39, 0.29) is 0 Å². The van der Waals surface area contributed by atoms with E-state index in [0.717, 1.165) is 6.42 Å². The summed E-state index contributed by atoms with van der Waals surface area (Å²) in [5, 5.41) is 0. The van der Waals surface area contributed by atoms with Gasteiger partial charge in [-0.15, -0.1) is 22.7 Å². The molecule has 3 aromatic rings. The van der Waals surface area contributed by atoms with Crippen molar-refractivity contribution in [1.82, 2.24) is 4.98 Å². The maximum Gasteiger partial charge on any atom is 0.0701 e. The number of hydrogen-bond donors (Lipinski definition) is 1. The summed E-state index contributed by atoms with van der Waals surface area (Å²) in [7, 11) is 0. The van der Waals surface area contributed by atoms with E-state index >= 15 is 0 Å². The molecule has 0 saturated carbocycles. The molecular weight excluding hydrogens is 210 g/mol. The van der Waals surface area contributed by atoms with Gasteiger partial charge in [0.25, 0.3) is 0 Å². The van der Waals surface area contributed by atoms with Crippen LogP contribution in [0.4, 0.5) is 0 Å². The summed E-state index contributed by atoms with van der Waals surface area (Å²) in [6.45, 7) is 4.38. The summed E-state index contributed by atoms with van der Waals surface area (Å²) in [4.78, 5) is 6.33. The molecule has 3 aromatic heterocycles. The van der Waals surface area contributed by atoms with Gasteiger partial charge in [0.05, 0.1) is 20.4 Å². The van der Waals surface area contributed by atoms with Gasteiger partial charge in [0.1, 0.15) is 0 Å². The molecule has 1 N–H and O–H groups in total. The van der Waals surface area contributed by atoms with Gasteiger partial charge in [-0.25, -0.2) is 0 Å². The van der Waals surface area contributed by atoms with Crippen LogP contribution in [0.25, 0.3) is 20.4 Å². The van der Waals surface area contributed by atoms with Crippen LogP contribution < -0.4 is 0 Å². The van der Waals surface area contributed by atoms with Crippen LogP contribution in [0.1, 0.15) is 16.7 Å². The fourth-order valence-corrected chi connectivity index (χ4v) is 3.98. The van der Waals surface area contributed by atoms with Crippen LogP contribution >= 0.6 is 22.7 Å². The number of rotatable bonds is 1. The van der Waals surface area contributed by atoms with E-state index in [0.29, 0.717) is 0 Å². The van der Waals surface area contributed by atoms with E-state index < -0.39 is 0 Å². The quantitative estimate of drug-likeness (QED) is 0.630. The maximum atomic E-state index is 3.47. The minimum atomic E-state index is 1.14. The Hall–Kier alpha value is -0.800. The zero-order valence-electron chi connectivity index (χ0n) is 8.18. The molecule has 0 fully saturated rings. The van der Waals surface area contributed by atoms with Crippen LogP contribution in [0.2, 0.25) is 0 Å². The first-order valence-corrected chi connectivity index (χ1v) is 6.41. The highest BCUT2D eigenvalue weighted by molar-refractivity contribution is 7.27. The Kier molecular flexibility index (Phi) is 1.73. The van der Waals surface area contributed by atoms with Crippen molar-refractivity contribution >= 4 is 43.1 Å². The van der Waals surface area contributed by atoms with Crippen LogP contribution in [0.5, 0.6) is 0 Å². The molecule has 1 nitrogen and oxygen atoms in total.